The number of nitrogens with zero attached hydrogens (tertiary/aromatic N) is 1. The molecule has 0 amide bonds. The van der Waals surface area contributed by atoms with E-state index in [4.69, 9.17) is 5.73 Å². The third kappa shape index (κ3) is 1.74. The van der Waals surface area contributed by atoms with Crippen molar-refractivity contribution in [3.8, 4) is 11.4 Å². The fourth-order valence-corrected chi connectivity index (χ4v) is 2.20. The number of H-pyrrole nitrogens is 1. The second-order valence-corrected chi connectivity index (χ2v) is 4.68. The Balaban J connectivity index is 2.19. The third-order valence-electron chi connectivity index (χ3n) is 3.14. The average molecular weight is 237 g/mol. The summed E-state index contributed by atoms with van der Waals surface area (Å²) in [5.41, 5.74) is 12.1. The number of imidazole rings is 1. The lowest BCUT2D eigenvalue weighted by atomic mass is 10.1. The van der Waals surface area contributed by atoms with Crippen LogP contribution in [0.1, 0.15) is 11.1 Å². The van der Waals surface area contributed by atoms with Gasteiger partial charge in [0, 0.05) is 11.3 Å². The van der Waals surface area contributed by atoms with Crippen molar-refractivity contribution < 1.29 is 0 Å². The van der Waals surface area contributed by atoms with Crippen molar-refractivity contribution in [1.82, 2.24) is 9.97 Å². The molecule has 0 saturated heterocycles. The van der Waals surface area contributed by atoms with Crippen LogP contribution in [0.3, 0.4) is 0 Å². The summed E-state index contributed by atoms with van der Waals surface area (Å²) in [6.45, 7) is 4.12. The number of rotatable bonds is 1. The molecule has 0 aliphatic carbocycles. The van der Waals surface area contributed by atoms with Crippen molar-refractivity contribution in [2.45, 2.75) is 13.8 Å². The van der Waals surface area contributed by atoms with E-state index in [1.807, 2.05) is 31.2 Å². The lowest BCUT2D eigenvalue weighted by molar-refractivity contribution is 1.31. The first-order valence-corrected chi connectivity index (χ1v) is 5.96. The van der Waals surface area contributed by atoms with E-state index in [0.717, 1.165) is 33.7 Å². The van der Waals surface area contributed by atoms with Crippen LogP contribution in [0.25, 0.3) is 22.4 Å². The zero-order valence-electron chi connectivity index (χ0n) is 10.5. The maximum absolute atomic E-state index is 5.77. The Morgan fingerprint density at radius 2 is 1.89 bits per heavy atom. The van der Waals surface area contributed by atoms with E-state index in [0.29, 0.717) is 0 Å². The van der Waals surface area contributed by atoms with Crippen LogP contribution in [0.15, 0.2) is 36.4 Å². The van der Waals surface area contributed by atoms with Crippen LogP contribution in [-0.2, 0) is 0 Å². The van der Waals surface area contributed by atoms with E-state index in [-0.39, 0.29) is 0 Å². The summed E-state index contributed by atoms with van der Waals surface area (Å²) in [5.74, 6) is 0.896. The Bertz CT molecular complexity index is 726. The number of aromatic amines is 1. The van der Waals surface area contributed by atoms with Crippen molar-refractivity contribution >= 4 is 16.7 Å². The number of aryl methyl sites for hydroxylation is 2. The van der Waals surface area contributed by atoms with Gasteiger partial charge < -0.3 is 10.7 Å². The molecule has 3 nitrogen and oxygen atoms in total. The Labute approximate surface area is 106 Å². The standard InChI is InChI=1S/C15H15N3/c1-9-3-6-13-14(7-9)18-15(17-13)12-5-4-11(16)8-10(12)2/h3-8H,16H2,1-2H3,(H,17,18). The zero-order chi connectivity index (χ0) is 12.7. The summed E-state index contributed by atoms with van der Waals surface area (Å²) >= 11 is 0. The quantitative estimate of drug-likeness (QED) is 0.637. The van der Waals surface area contributed by atoms with Crippen LogP contribution >= 0.6 is 0 Å². The van der Waals surface area contributed by atoms with Crippen molar-refractivity contribution in [1.29, 1.82) is 0 Å². The molecule has 3 rings (SSSR count). The molecule has 0 aliphatic heterocycles. The SMILES string of the molecule is Cc1ccc2nc(-c3ccc(N)cc3C)[nH]c2c1. The molecule has 1 aromatic heterocycles. The highest BCUT2D eigenvalue weighted by molar-refractivity contribution is 5.80. The van der Waals surface area contributed by atoms with Crippen LogP contribution in [0.4, 0.5) is 5.69 Å². The highest BCUT2D eigenvalue weighted by atomic mass is 14.9. The van der Waals surface area contributed by atoms with Crippen LogP contribution in [0.5, 0.6) is 0 Å². The predicted molar refractivity (Wildman–Crippen MR) is 75.4 cm³/mol. The minimum atomic E-state index is 0.781. The van der Waals surface area contributed by atoms with Gasteiger partial charge in [0.05, 0.1) is 11.0 Å². The molecule has 18 heavy (non-hydrogen) atoms. The first kappa shape index (κ1) is 10.8. The number of nitrogens with two attached hydrogens (primary N) is 1. The Hall–Kier alpha value is -2.29. The number of fused-ring (bicyclic) bond motifs is 1. The van der Waals surface area contributed by atoms with Crippen molar-refractivity contribution in [3.05, 3.63) is 47.5 Å². The summed E-state index contributed by atoms with van der Waals surface area (Å²) in [6, 6.07) is 12.1. The molecular formula is C15H15N3. The molecule has 1 heterocycles. The molecule has 0 aliphatic rings. The van der Waals surface area contributed by atoms with E-state index < -0.39 is 0 Å². The number of hydrogen-bond donors (Lipinski definition) is 2. The van der Waals surface area contributed by atoms with Gasteiger partial charge in [-0.05, 0) is 55.3 Å². The van der Waals surface area contributed by atoms with E-state index in [1.165, 1.54) is 5.56 Å². The number of aromatic nitrogens is 2. The second kappa shape index (κ2) is 3.88. The zero-order valence-corrected chi connectivity index (χ0v) is 10.5. The monoisotopic (exact) mass is 237 g/mol. The number of hydrogen-bond acceptors (Lipinski definition) is 2. The van der Waals surface area contributed by atoms with Crippen LogP contribution < -0.4 is 5.73 Å². The number of anilines is 1. The Kier molecular flexibility index (Phi) is 2.33. The second-order valence-electron chi connectivity index (χ2n) is 4.68. The summed E-state index contributed by atoms with van der Waals surface area (Å²) in [4.78, 5) is 7.98. The highest BCUT2D eigenvalue weighted by Crippen LogP contribution is 2.25. The van der Waals surface area contributed by atoms with Crippen LogP contribution in [0, 0.1) is 13.8 Å². The Morgan fingerprint density at radius 3 is 2.67 bits per heavy atom. The summed E-state index contributed by atoms with van der Waals surface area (Å²) in [7, 11) is 0. The van der Waals surface area contributed by atoms with Gasteiger partial charge >= 0.3 is 0 Å². The molecule has 3 heteroatoms. The molecule has 3 aromatic rings. The molecule has 90 valence electrons. The summed E-state index contributed by atoms with van der Waals surface area (Å²) in [5, 5.41) is 0. The van der Waals surface area contributed by atoms with Gasteiger partial charge in [-0.2, -0.15) is 0 Å². The van der Waals surface area contributed by atoms with E-state index in [1.54, 1.807) is 0 Å². The molecule has 0 atom stereocenters. The van der Waals surface area contributed by atoms with Gasteiger partial charge in [-0.15, -0.1) is 0 Å². The van der Waals surface area contributed by atoms with E-state index in [2.05, 4.69) is 29.0 Å². The molecule has 0 bridgehead atoms. The van der Waals surface area contributed by atoms with Gasteiger partial charge in [0.1, 0.15) is 5.82 Å². The van der Waals surface area contributed by atoms with Crippen LogP contribution in [0.2, 0.25) is 0 Å². The van der Waals surface area contributed by atoms with Crippen molar-refractivity contribution in [3.63, 3.8) is 0 Å². The fraction of sp³-hybridized carbons (Fsp3) is 0.133. The topological polar surface area (TPSA) is 54.7 Å². The first-order chi connectivity index (χ1) is 8.63. The normalized spacial score (nSPS) is 11.0. The molecule has 0 saturated carbocycles. The van der Waals surface area contributed by atoms with Gasteiger partial charge in [-0.3, -0.25) is 0 Å². The number of benzene rings is 2. The molecule has 0 radical (unpaired) electrons. The lowest BCUT2D eigenvalue weighted by Crippen LogP contribution is -1.89. The fourth-order valence-electron chi connectivity index (χ4n) is 2.20. The van der Waals surface area contributed by atoms with Crippen molar-refractivity contribution in [2.24, 2.45) is 0 Å². The third-order valence-corrected chi connectivity index (χ3v) is 3.14. The maximum Gasteiger partial charge on any atom is 0.138 e. The number of nitrogen functional groups attached to an aromatic ring is 1. The molecule has 0 fully saturated rings. The van der Waals surface area contributed by atoms with Gasteiger partial charge in [0.25, 0.3) is 0 Å². The van der Waals surface area contributed by atoms with Crippen molar-refractivity contribution in [2.75, 3.05) is 5.73 Å². The molecular weight excluding hydrogens is 222 g/mol. The summed E-state index contributed by atoms with van der Waals surface area (Å²) < 4.78 is 0. The molecule has 0 spiro atoms. The van der Waals surface area contributed by atoms with E-state index >= 15 is 0 Å². The smallest absolute Gasteiger partial charge is 0.138 e. The van der Waals surface area contributed by atoms with Gasteiger partial charge in [0.2, 0.25) is 0 Å². The first-order valence-electron chi connectivity index (χ1n) is 5.96. The lowest BCUT2D eigenvalue weighted by Gasteiger charge is -2.03. The van der Waals surface area contributed by atoms with Gasteiger partial charge in [-0.25, -0.2) is 4.98 Å². The molecule has 3 N–H and O–H groups in total. The minimum absolute atomic E-state index is 0.781. The Morgan fingerprint density at radius 1 is 1.06 bits per heavy atom. The number of nitrogens with one attached hydrogen (secondary N) is 1. The van der Waals surface area contributed by atoms with Crippen LogP contribution in [-0.4, -0.2) is 9.97 Å². The molecule has 0 unspecified atom stereocenters. The van der Waals surface area contributed by atoms with E-state index in [9.17, 15) is 0 Å². The maximum atomic E-state index is 5.77. The largest absolute Gasteiger partial charge is 0.399 e. The van der Waals surface area contributed by atoms with Gasteiger partial charge in [-0.1, -0.05) is 6.07 Å². The minimum Gasteiger partial charge on any atom is -0.399 e. The molecule has 2 aromatic carbocycles. The summed E-state index contributed by atoms with van der Waals surface area (Å²) in [6.07, 6.45) is 0. The highest BCUT2D eigenvalue weighted by Gasteiger charge is 2.07. The van der Waals surface area contributed by atoms with Gasteiger partial charge in [0.15, 0.2) is 0 Å². The average Bonchev–Trinajstić information content (AvgIpc) is 2.71. The predicted octanol–water partition coefficient (Wildman–Crippen LogP) is 3.43.